The number of ether oxygens (including phenoxy) is 6. The zero-order chi connectivity index (χ0) is 59.8. The van der Waals surface area contributed by atoms with Crippen molar-refractivity contribution in [2.45, 2.75) is 369 Å². The summed E-state index contributed by atoms with van der Waals surface area (Å²) in [5.41, 5.74) is 0. The Morgan fingerprint density at radius 2 is 0.430 bits per heavy atom. The lowest BCUT2D eigenvalue weighted by Gasteiger charge is -2.36. The number of aliphatic hydroxyl groups is 1. The molecule has 11 heteroatoms. The topological polar surface area (TPSA) is 75.6 Å². The van der Waals surface area contributed by atoms with Gasteiger partial charge in [0, 0.05) is 26.4 Å². The van der Waals surface area contributed by atoms with Gasteiger partial charge in [0.15, 0.2) is 6.10 Å². The highest BCUT2D eigenvalue weighted by molar-refractivity contribution is 4.61. The van der Waals surface area contributed by atoms with E-state index in [-0.39, 0.29) is 61.0 Å². The van der Waals surface area contributed by atoms with Gasteiger partial charge in [-0.3, -0.25) is 0 Å². The number of aliphatic hydroxyl groups excluding tert-OH is 1. The highest BCUT2D eigenvalue weighted by Crippen LogP contribution is 2.17. The molecule has 0 spiro atoms. The van der Waals surface area contributed by atoms with Crippen LogP contribution in [0.15, 0.2) is 0 Å². The van der Waals surface area contributed by atoms with Gasteiger partial charge < -0.3 is 76.5 Å². The van der Waals surface area contributed by atoms with E-state index in [0.29, 0.717) is 61.7 Å². The molecule has 0 saturated carbocycles. The first-order valence-electron chi connectivity index (χ1n) is 36.9. The number of halogens is 2. The van der Waals surface area contributed by atoms with E-state index in [1.807, 2.05) is 0 Å². The third-order valence-electron chi connectivity index (χ3n) is 17.3. The average Bonchev–Trinajstić information content (AvgIpc) is 3.50. The molecule has 2 atom stereocenters. The lowest BCUT2D eigenvalue weighted by molar-refractivity contribution is -0.914. The first-order chi connectivity index (χ1) is 40.1. The molecule has 0 aliphatic carbocycles. The quantitative estimate of drug-likeness (QED) is 0.0480. The predicted octanol–water partition coefficient (Wildman–Crippen LogP) is 15.4. The maximum atomic E-state index is 11.4. The summed E-state index contributed by atoms with van der Waals surface area (Å²) in [6.07, 6.45) is 64.3. The minimum Gasteiger partial charge on any atom is -1.00 e. The lowest BCUT2D eigenvalue weighted by atomic mass is 10.1. The van der Waals surface area contributed by atoms with E-state index in [1.165, 1.54) is 283 Å². The van der Waals surface area contributed by atoms with Crippen molar-refractivity contribution in [3.63, 3.8) is 0 Å². The Morgan fingerprint density at radius 3 is 0.640 bits per heavy atom. The van der Waals surface area contributed by atoms with Crippen molar-refractivity contribution in [2.75, 3.05) is 120 Å². The van der Waals surface area contributed by atoms with Gasteiger partial charge in [-0.15, -0.1) is 0 Å². The number of likely N-dealkylation sites (N-methyl/N-ethyl adjacent to an activating group) is 2. The molecule has 526 valence electrons. The second-order valence-electron chi connectivity index (χ2n) is 27.2. The molecule has 1 N–H and O–H groups in total. The molecule has 2 unspecified atom stereocenters. The molecular weight excluding hydrogens is 1200 g/mol. The maximum Gasteiger partial charge on any atom is 0.152 e. The Bertz CT molecular complexity index is 1120. The Balaban J connectivity index is -0.00000547. The molecule has 0 aromatic carbocycles. The first kappa shape index (κ1) is 95.3. The van der Waals surface area contributed by atoms with Crippen molar-refractivity contribution in [3.8, 4) is 0 Å². The van der Waals surface area contributed by atoms with E-state index in [1.54, 1.807) is 0 Å². The third-order valence-corrected chi connectivity index (χ3v) is 17.3. The summed E-state index contributed by atoms with van der Waals surface area (Å²) in [6, 6.07) is 0. The van der Waals surface area contributed by atoms with E-state index in [2.05, 4.69) is 55.9 Å². The zero-order valence-corrected chi connectivity index (χ0v) is 61.3. The molecule has 0 aromatic heterocycles. The molecule has 0 heterocycles. The van der Waals surface area contributed by atoms with Crippen LogP contribution in [0, 0.1) is 0 Å². The Morgan fingerprint density at radius 1 is 0.256 bits per heavy atom. The minimum absolute atomic E-state index is 0. The fourth-order valence-electron chi connectivity index (χ4n) is 11.6. The van der Waals surface area contributed by atoms with E-state index in [0.717, 1.165) is 65.2 Å². The van der Waals surface area contributed by atoms with Crippen molar-refractivity contribution < 1.29 is 76.5 Å². The Hall–Kier alpha value is 0.600. The van der Waals surface area contributed by atoms with Gasteiger partial charge >= 0.3 is 0 Å². The molecule has 86 heavy (non-hydrogen) atoms. The third kappa shape index (κ3) is 75.3. The number of nitrogens with zero attached hydrogens (tertiary/aromatic N) is 2. The molecule has 0 aromatic rings. The van der Waals surface area contributed by atoms with Crippen LogP contribution >= 0.6 is 0 Å². The predicted molar refractivity (Wildman–Crippen MR) is 370 cm³/mol. The van der Waals surface area contributed by atoms with E-state index in [4.69, 9.17) is 28.4 Å². The number of unbranched alkanes of at least 4 members (excludes halogenated alkanes) is 44. The van der Waals surface area contributed by atoms with E-state index in [9.17, 15) is 5.11 Å². The number of quaternary nitrogens is 2. The summed E-state index contributed by atoms with van der Waals surface area (Å²) in [4.78, 5) is 0. The maximum absolute atomic E-state index is 11.4. The SMILES string of the molecule is C.C.CCCCCCCCCCCCCCOCC(COCC[N+](C)(C)CC(O)C[N+](C)(C)CCOCC(COCCCCCCCCCCCCCC)OCCCCCCCCCCCCCC)OCCCCCCCCCCCCCC.[Br-].[Br-]. The van der Waals surface area contributed by atoms with Crippen LogP contribution in [0.4, 0.5) is 0 Å². The summed E-state index contributed by atoms with van der Waals surface area (Å²) in [6.45, 7) is 19.0. The normalized spacial score (nSPS) is 12.8. The average molecular weight is 1360 g/mol. The molecular formula is C75H160Br2N2O7. The van der Waals surface area contributed by atoms with Crippen LogP contribution in [0.25, 0.3) is 0 Å². The zero-order valence-electron chi connectivity index (χ0n) is 58.1. The smallest absolute Gasteiger partial charge is 0.152 e. The number of rotatable bonds is 72. The van der Waals surface area contributed by atoms with Gasteiger partial charge in [0.1, 0.15) is 38.4 Å². The van der Waals surface area contributed by atoms with Crippen molar-refractivity contribution in [2.24, 2.45) is 0 Å². The highest BCUT2D eigenvalue weighted by Gasteiger charge is 2.27. The molecule has 0 fully saturated rings. The molecule has 0 aliphatic heterocycles. The molecule has 0 radical (unpaired) electrons. The largest absolute Gasteiger partial charge is 1.00 e. The van der Waals surface area contributed by atoms with Crippen LogP contribution in [0.1, 0.15) is 351 Å². The molecule has 0 bridgehead atoms. The van der Waals surface area contributed by atoms with Gasteiger partial charge in [0.05, 0.1) is 67.8 Å². The monoisotopic (exact) mass is 1360 g/mol. The van der Waals surface area contributed by atoms with Crippen LogP contribution in [0.5, 0.6) is 0 Å². The van der Waals surface area contributed by atoms with Gasteiger partial charge in [-0.1, -0.05) is 325 Å². The van der Waals surface area contributed by atoms with Crippen LogP contribution in [-0.4, -0.2) is 153 Å². The second kappa shape index (κ2) is 76.3. The number of hydrogen-bond acceptors (Lipinski definition) is 7. The van der Waals surface area contributed by atoms with Gasteiger partial charge in [-0.05, 0) is 25.7 Å². The van der Waals surface area contributed by atoms with E-state index >= 15 is 0 Å². The van der Waals surface area contributed by atoms with Crippen molar-refractivity contribution >= 4 is 0 Å². The van der Waals surface area contributed by atoms with Gasteiger partial charge in [0.2, 0.25) is 0 Å². The standard InChI is InChI=1S/C73H152N2O7.2CH4.2BrH/c1-9-13-17-21-25-29-33-37-41-45-49-53-59-77-67-72(81-61-55-51-47-43-39-35-31-27-23-19-15-11-3)69-79-63-57-74(5,6)65-71(76)66-75(7,8)58-64-80-70-73(82-62-56-52-48-44-40-36-32-28-24-20-16-12-4)68-78-60-54-50-46-42-38-34-30-26-22-18-14-10-2;;;;/h71-73,76H,9-70H2,1-8H3;2*1H4;2*1H/q+2;;;;/p-2. The van der Waals surface area contributed by atoms with Crippen LogP contribution < -0.4 is 34.0 Å². The Labute approximate surface area is 562 Å². The summed E-state index contributed by atoms with van der Waals surface area (Å²) >= 11 is 0. The molecule has 0 saturated heterocycles. The fourth-order valence-corrected chi connectivity index (χ4v) is 11.6. The van der Waals surface area contributed by atoms with Crippen LogP contribution in [0.3, 0.4) is 0 Å². The summed E-state index contributed by atoms with van der Waals surface area (Å²) in [5.74, 6) is 0. The fraction of sp³-hybridized carbons (Fsp3) is 1.00. The van der Waals surface area contributed by atoms with E-state index < -0.39 is 6.10 Å². The van der Waals surface area contributed by atoms with Gasteiger partial charge in [-0.25, -0.2) is 0 Å². The first-order valence-corrected chi connectivity index (χ1v) is 36.9. The van der Waals surface area contributed by atoms with Gasteiger partial charge in [0.25, 0.3) is 0 Å². The van der Waals surface area contributed by atoms with Crippen LogP contribution in [0.2, 0.25) is 0 Å². The molecule has 9 nitrogen and oxygen atoms in total. The van der Waals surface area contributed by atoms with Crippen molar-refractivity contribution in [1.29, 1.82) is 0 Å². The lowest BCUT2D eigenvalue weighted by Crippen LogP contribution is -3.00. The molecule has 0 aliphatic rings. The Kier molecular flexibility index (Phi) is 84.6. The molecule has 0 rings (SSSR count). The summed E-state index contributed by atoms with van der Waals surface area (Å²) in [5, 5.41) is 11.4. The van der Waals surface area contributed by atoms with Crippen molar-refractivity contribution in [1.82, 2.24) is 0 Å². The van der Waals surface area contributed by atoms with Crippen LogP contribution in [-0.2, 0) is 28.4 Å². The molecule has 0 amide bonds. The number of hydrogen-bond donors (Lipinski definition) is 1. The van der Waals surface area contributed by atoms with Crippen molar-refractivity contribution in [3.05, 3.63) is 0 Å². The minimum atomic E-state index is -0.425. The highest BCUT2D eigenvalue weighted by atomic mass is 79.9. The van der Waals surface area contributed by atoms with Gasteiger partial charge in [-0.2, -0.15) is 0 Å². The summed E-state index contributed by atoms with van der Waals surface area (Å²) < 4.78 is 39.4. The second-order valence-corrected chi connectivity index (χ2v) is 27.2. The summed E-state index contributed by atoms with van der Waals surface area (Å²) in [7, 11) is 8.86.